The van der Waals surface area contributed by atoms with Crippen molar-refractivity contribution in [2.75, 3.05) is 11.9 Å². The van der Waals surface area contributed by atoms with Gasteiger partial charge in [-0.05, 0) is 37.6 Å². The predicted octanol–water partition coefficient (Wildman–Crippen LogP) is 6.10. The number of nitrogens with zero attached hydrogens (tertiary/aromatic N) is 4. The molecule has 1 aliphatic rings. The van der Waals surface area contributed by atoms with Gasteiger partial charge in [0.05, 0.1) is 12.3 Å². The second-order valence-corrected chi connectivity index (χ2v) is 10.0. The predicted molar refractivity (Wildman–Crippen MR) is 134 cm³/mol. The lowest BCUT2D eigenvalue weighted by molar-refractivity contribution is 0.155. The van der Waals surface area contributed by atoms with Crippen molar-refractivity contribution in [1.29, 1.82) is 0 Å². The van der Waals surface area contributed by atoms with E-state index in [1.165, 1.54) is 0 Å². The molecule has 8 nitrogen and oxygen atoms in total. The van der Waals surface area contributed by atoms with E-state index in [-0.39, 0.29) is 18.6 Å². The van der Waals surface area contributed by atoms with Gasteiger partial charge in [-0.3, -0.25) is 5.32 Å². The van der Waals surface area contributed by atoms with Crippen molar-refractivity contribution in [3.63, 3.8) is 0 Å². The average Bonchev–Trinajstić information content (AvgIpc) is 3.39. The van der Waals surface area contributed by atoms with Gasteiger partial charge >= 0.3 is 6.09 Å². The molecule has 174 valence electrons. The Morgan fingerprint density at radius 1 is 1.24 bits per heavy atom. The molecule has 1 N–H and O–H groups in total. The lowest BCUT2D eigenvalue weighted by Crippen LogP contribution is -2.15. The molecule has 0 fully saturated rings. The van der Waals surface area contributed by atoms with E-state index < -0.39 is 6.09 Å². The summed E-state index contributed by atoms with van der Waals surface area (Å²) < 4.78 is 14.0. The van der Waals surface area contributed by atoms with Crippen LogP contribution in [0.15, 0.2) is 53.0 Å². The number of amides is 1. The highest BCUT2D eigenvalue weighted by Crippen LogP contribution is 2.41. The summed E-state index contributed by atoms with van der Waals surface area (Å²) in [6.07, 6.45) is 0.148. The van der Waals surface area contributed by atoms with Crippen LogP contribution in [-0.4, -0.2) is 32.4 Å². The number of anilines is 1. The zero-order valence-electron chi connectivity index (χ0n) is 18.6. The fraction of sp³-hybridized carbons (Fsp3) is 0.250. The first-order chi connectivity index (χ1) is 16.5. The molecule has 1 aliphatic heterocycles. The Balaban J connectivity index is 1.41. The van der Waals surface area contributed by atoms with Crippen LogP contribution >= 0.6 is 27.3 Å². The molecule has 10 heteroatoms. The van der Waals surface area contributed by atoms with E-state index in [1.807, 2.05) is 62.4 Å². The minimum atomic E-state index is -0.608. The van der Waals surface area contributed by atoms with Crippen molar-refractivity contribution < 1.29 is 14.3 Å². The number of hydrogen-bond acceptors (Lipinski definition) is 7. The van der Waals surface area contributed by atoms with Gasteiger partial charge in [0, 0.05) is 27.4 Å². The number of ether oxygens (including phenoxy) is 2. The SMILES string of the molecule is CC(C)n1nc(NC(=O)OCc2ccccc2)nc1-c1nc2c(s1)CCOc1cc(Br)ccc1-2. The molecule has 2 aromatic heterocycles. The molecule has 0 bridgehead atoms. The summed E-state index contributed by atoms with van der Waals surface area (Å²) in [5, 5.41) is 7.87. The van der Waals surface area contributed by atoms with Gasteiger partial charge in [0.25, 0.3) is 5.95 Å². The van der Waals surface area contributed by atoms with Gasteiger partial charge in [-0.2, -0.15) is 4.98 Å². The molecule has 0 saturated heterocycles. The number of hydrogen-bond donors (Lipinski definition) is 1. The summed E-state index contributed by atoms with van der Waals surface area (Å²) in [7, 11) is 0. The summed E-state index contributed by atoms with van der Waals surface area (Å²) in [4.78, 5) is 23.0. The zero-order chi connectivity index (χ0) is 23.7. The maximum absolute atomic E-state index is 12.3. The Morgan fingerprint density at radius 2 is 2.06 bits per heavy atom. The third kappa shape index (κ3) is 4.69. The van der Waals surface area contributed by atoms with Crippen LogP contribution in [0.4, 0.5) is 10.7 Å². The highest BCUT2D eigenvalue weighted by Gasteiger charge is 2.25. The smallest absolute Gasteiger partial charge is 0.414 e. The normalized spacial score (nSPS) is 12.5. The molecule has 4 aromatic rings. The largest absolute Gasteiger partial charge is 0.492 e. The van der Waals surface area contributed by atoms with Gasteiger partial charge in [0.1, 0.15) is 12.4 Å². The molecular weight excluding hydrogens is 518 g/mol. The summed E-state index contributed by atoms with van der Waals surface area (Å²) in [6, 6.07) is 15.5. The van der Waals surface area contributed by atoms with E-state index in [9.17, 15) is 4.79 Å². The maximum Gasteiger partial charge on any atom is 0.414 e. The Bertz CT molecular complexity index is 1340. The maximum atomic E-state index is 12.3. The number of benzene rings is 2. The van der Waals surface area contributed by atoms with Crippen LogP contribution in [-0.2, 0) is 17.8 Å². The van der Waals surface area contributed by atoms with Crippen molar-refractivity contribution in [3.05, 3.63) is 63.4 Å². The van der Waals surface area contributed by atoms with Crippen molar-refractivity contribution in [1.82, 2.24) is 19.7 Å². The minimum absolute atomic E-state index is 0.0219. The van der Waals surface area contributed by atoms with Gasteiger partial charge in [-0.15, -0.1) is 16.4 Å². The molecule has 0 atom stereocenters. The highest BCUT2D eigenvalue weighted by molar-refractivity contribution is 9.10. The van der Waals surface area contributed by atoms with Crippen molar-refractivity contribution in [2.24, 2.45) is 0 Å². The molecule has 0 aliphatic carbocycles. The Hall–Kier alpha value is -3.24. The Labute approximate surface area is 209 Å². The number of carbonyl (C=O) groups is 1. The van der Waals surface area contributed by atoms with Gasteiger partial charge in [0.2, 0.25) is 0 Å². The van der Waals surface area contributed by atoms with E-state index in [1.54, 1.807) is 16.0 Å². The van der Waals surface area contributed by atoms with Crippen LogP contribution in [0.1, 0.15) is 30.3 Å². The number of aromatic nitrogens is 4. The van der Waals surface area contributed by atoms with Crippen LogP contribution in [0.5, 0.6) is 5.75 Å². The van der Waals surface area contributed by atoms with Gasteiger partial charge < -0.3 is 9.47 Å². The first-order valence-electron chi connectivity index (χ1n) is 10.8. The average molecular weight is 540 g/mol. The van der Waals surface area contributed by atoms with Gasteiger partial charge in [-0.1, -0.05) is 46.3 Å². The number of nitrogens with one attached hydrogen (secondary N) is 1. The van der Waals surface area contributed by atoms with Gasteiger partial charge in [-0.25, -0.2) is 14.5 Å². The van der Waals surface area contributed by atoms with Crippen LogP contribution in [0, 0.1) is 0 Å². The number of carbonyl (C=O) groups excluding carboxylic acids is 1. The van der Waals surface area contributed by atoms with E-state index in [2.05, 4.69) is 31.3 Å². The molecule has 0 saturated carbocycles. The minimum Gasteiger partial charge on any atom is -0.492 e. The Kier molecular flexibility index (Phi) is 6.34. The quantitative estimate of drug-likeness (QED) is 0.329. The fourth-order valence-corrected chi connectivity index (χ4v) is 5.00. The topological polar surface area (TPSA) is 91.2 Å². The molecule has 2 aromatic carbocycles. The summed E-state index contributed by atoms with van der Waals surface area (Å²) >= 11 is 5.08. The van der Waals surface area contributed by atoms with Crippen molar-refractivity contribution >= 4 is 39.3 Å². The van der Waals surface area contributed by atoms with E-state index >= 15 is 0 Å². The molecule has 1 amide bonds. The van der Waals surface area contributed by atoms with Crippen molar-refractivity contribution in [3.8, 4) is 27.8 Å². The molecule has 5 rings (SSSR count). The second-order valence-electron chi connectivity index (χ2n) is 8.01. The van der Waals surface area contributed by atoms with Crippen molar-refractivity contribution in [2.45, 2.75) is 32.9 Å². The molecule has 3 heterocycles. The van der Waals surface area contributed by atoms with Gasteiger partial charge in [0.15, 0.2) is 10.8 Å². The number of rotatable bonds is 5. The first kappa shape index (κ1) is 22.5. The van der Waals surface area contributed by atoms with Crippen LogP contribution in [0.2, 0.25) is 0 Å². The third-order valence-corrected chi connectivity index (χ3v) is 6.83. The molecule has 34 heavy (non-hydrogen) atoms. The summed E-state index contributed by atoms with van der Waals surface area (Å²) in [5.74, 6) is 1.59. The van der Waals surface area contributed by atoms with E-state index in [4.69, 9.17) is 14.5 Å². The first-order valence-corrected chi connectivity index (χ1v) is 12.5. The summed E-state index contributed by atoms with van der Waals surface area (Å²) in [6.45, 7) is 4.76. The second kappa shape index (κ2) is 9.55. The monoisotopic (exact) mass is 539 g/mol. The Morgan fingerprint density at radius 3 is 2.85 bits per heavy atom. The molecular formula is C24H22BrN5O3S. The highest BCUT2D eigenvalue weighted by atomic mass is 79.9. The molecule has 0 unspecified atom stereocenters. The summed E-state index contributed by atoms with van der Waals surface area (Å²) in [5.41, 5.74) is 2.76. The van der Waals surface area contributed by atoms with Crippen LogP contribution < -0.4 is 10.1 Å². The fourth-order valence-electron chi connectivity index (χ4n) is 3.62. The molecule has 0 spiro atoms. The number of fused-ring (bicyclic) bond motifs is 3. The van der Waals surface area contributed by atoms with E-state index in [0.29, 0.717) is 12.4 Å². The van der Waals surface area contributed by atoms with Crippen LogP contribution in [0.25, 0.3) is 22.1 Å². The number of thiazole rings is 1. The number of halogens is 1. The third-order valence-electron chi connectivity index (χ3n) is 5.22. The molecule has 0 radical (unpaired) electrons. The standard InChI is InChI=1S/C24H22BrN5O3S/c1-14(2)30-21(27-23(29-30)28-24(31)33-13-15-6-4-3-5-7-15)22-26-20-17-9-8-16(25)12-18(17)32-11-10-19(20)34-22/h3-9,12,14H,10-11,13H2,1-2H3,(H,28,29,31). The lowest BCUT2D eigenvalue weighted by atomic mass is 10.1. The van der Waals surface area contributed by atoms with E-state index in [0.717, 1.165) is 43.3 Å². The lowest BCUT2D eigenvalue weighted by Gasteiger charge is -2.08. The van der Waals surface area contributed by atoms with Crippen LogP contribution in [0.3, 0.4) is 0 Å². The zero-order valence-corrected chi connectivity index (χ0v) is 21.0.